The summed E-state index contributed by atoms with van der Waals surface area (Å²) in [6.45, 7) is 5.81. The van der Waals surface area contributed by atoms with Crippen molar-refractivity contribution in [2.45, 2.75) is 27.0 Å². The number of amides is 2. The molecule has 0 bridgehead atoms. The molecule has 1 heterocycles. The van der Waals surface area contributed by atoms with Gasteiger partial charge in [-0.2, -0.15) is 0 Å². The van der Waals surface area contributed by atoms with E-state index in [1.54, 1.807) is 24.3 Å². The van der Waals surface area contributed by atoms with Crippen molar-refractivity contribution in [3.8, 4) is 0 Å². The van der Waals surface area contributed by atoms with E-state index in [9.17, 15) is 9.59 Å². The van der Waals surface area contributed by atoms with Gasteiger partial charge in [0.25, 0.3) is 11.8 Å². The van der Waals surface area contributed by atoms with Crippen LogP contribution in [0.2, 0.25) is 0 Å². The van der Waals surface area contributed by atoms with Gasteiger partial charge in [-0.25, -0.2) is 4.90 Å². The van der Waals surface area contributed by atoms with E-state index in [2.05, 4.69) is 0 Å². The summed E-state index contributed by atoms with van der Waals surface area (Å²) in [5, 5.41) is 0. The Morgan fingerprint density at radius 2 is 1.89 bits per heavy atom. The molecular formula is C14H17NO3. The Balaban J connectivity index is 2.30. The van der Waals surface area contributed by atoms with Crippen LogP contribution in [0.15, 0.2) is 30.3 Å². The number of hydrogen-bond acceptors (Lipinski definition) is 3. The van der Waals surface area contributed by atoms with Gasteiger partial charge in [0.15, 0.2) is 0 Å². The second-order valence-corrected chi connectivity index (χ2v) is 5.46. The average Bonchev–Trinajstić information content (AvgIpc) is 2.71. The van der Waals surface area contributed by atoms with Crippen LogP contribution in [0, 0.1) is 5.41 Å². The number of hydrogen-bond donors (Lipinski definition) is 0. The largest absolute Gasteiger partial charge is 0.347 e. The molecule has 0 spiro atoms. The summed E-state index contributed by atoms with van der Waals surface area (Å²) in [5.41, 5.74) is 0.210. The predicted octanol–water partition coefficient (Wildman–Crippen LogP) is 2.06. The molecule has 1 aromatic carbocycles. The normalized spacial score (nSPS) is 20.3. The highest BCUT2D eigenvalue weighted by atomic mass is 16.5. The number of ether oxygens (including phenoxy) is 1. The van der Waals surface area contributed by atoms with E-state index < -0.39 is 6.23 Å². The Hall–Kier alpha value is -1.68. The molecule has 2 amide bonds. The lowest BCUT2D eigenvalue weighted by molar-refractivity contribution is -0.126. The lowest BCUT2D eigenvalue weighted by Gasteiger charge is -2.32. The lowest BCUT2D eigenvalue weighted by Crippen LogP contribution is -2.45. The molecule has 0 N–H and O–H groups in total. The summed E-state index contributed by atoms with van der Waals surface area (Å²) in [4.78, 5) is 25.4. The Labute approximate surface area is 107 Å². The first-order valence-corrected chi connectivity index (χ1v) is 5.94. The summed E-state index contributed by atoms with van der Waals surface area (Å²) in [7, 11) is 0. The minimum absolute atomic E-state index is 0.0273. The molecule has 96 valence electrons. The molecule has 4 heteroatoms. The van der Waals surface area contributed by atoms with E-state index in [4.69, 9.17) is 4.74 Å². The van der Waals surface area contributed by atoms with Crippen LogP contribution in [0.25, 0.3) is 0 Å². The van der Waals surface area contributed by atoms with Gasteiger partial charge in [0, 0.05) is 11.0 Å². The standard InChI is InChI=1S/C14H17NO3/c1-14(2,3)13-15(11(16)9-18-13)12(17)10-7-5-4-6-8-10/h4-8,13H,9H2,1-3H3. The Kier molecular flexibility index (Phi) is 3.22. The van der Waals surface area contributed by atoms with Crippen LogP contribution in [0.5, 0.6) is 0 Å². The molecule has 1 atom stereocenters. The molecule has 1 aromatic rings. The van der Waals surface area contributed by atoms with Gasteiger partial charge in [-0.3, -0.25) is 9.59 Å². The van der Waals surface area contributed by atoms with Gasteiger partial charge < -0.3 is 4.74 Å². The van der Waals surface area contributed by atoms with Crippen molar-refractivity contribution >= 4 is 11.8 Å². The van der Waals surface area contributed by atoms with Crippen LogP contribution in [0.4, 0.5) is 0 Å². The average molecular weight is 247 g/mol. The first-order valence-electron chi connectivity index (χ1n) is 5.94. The zero-order valence-corrected chi connectivity index (χ0v) is 10.8. The molecule has 0 aromatic heterocycles. The molecular weight excluding hydrogens is 230 g/mol. The molecule has 1 aliphatic heterocycles. The summed E-state index contributed by atoms with van der Waals surface area (Å²) in [6, 6.07) is 8.79. The fraction of sp³-hybridized carbons (Fsp3) is 0.429. The minimum atomic E-state index is -0.502. The van der Waals surface area contributed by atoms with Crippen molar-refractivity contribution in [1.29, 1.82) is 0 Å². The highest BCUT2D eigenvalue weighted by Gasteiger charge is 2.43. The zero-order chi connectivity index (χ0) is 13.3. The molecule has 2 rings (SSSR count). The van der Waals surface area contributed by atoms with Crippen molar-refractivity contribution in [2.24, 2.45) is 5.41 Å². The smallest absolute Gasteiger partial charge is 0.262 e. The molecule has 0 saturated carbocycles. The highest BCUT2D eigenvalue weighted by Crippen LogP contribution is 2.30. The molecule has 1 aliphatic rings. The maximum absolute atomic E-state index is 12.3. The monoisotopic (exact) mass is 247 g/mol. The Morgan fingerprint density at radius 3 is 2.44 bits per heavy atom. The van der Waals surface area contributed by atoms with Gasteiger partial charge >= 0.3 is 0 Å². The van der Waals surface area contributed by atoms with Gasteiger partial charge in [-0.05, 0) is 12.1 Å². The second kappa shape index (κ2) is 4.53. The summed E-state index contributed by atoms with van der Waals surface area (Å²) in [6.07, 6.45) is -0.502. The summed E-state index contributed by atoms with van der Waals surface area (Å²) in [5.74, 6) is -0.568. The molecule has 0 radical (unpaired) electrons. The van der Waals surface area contributed by atoms with Crippen molar-refractivity contribution < 1.29 is 14.3 Å². The van der Waals surface area contributed by atoms with Crippen LogP contribution >= 0.6 is 0 Å². The van der Waals surface area contributed by atoms with E-state index in [1.165, 1.54) is 4.90 Å². The van der Waals surface area contributed by atoms with E-state index in [0.29, 0.717) is 5.56 Å². The van der Waals surface area contributed by atoms with Crippen LogP contribution < -0.4 is 0 Å². The van der Waals surface area contributed by atoms with E-state index >= 15 is 0 Å². The van der Waals surface area contributed by atoms with E-state index in [1.807, 2.05) is 26.8 Å². The molecule has 1 unspecified atom stereocenters. The van der Waals surface area contributed by atoms with Crippen LogP contribution in [-0.4, -0.2) is 29.5 Å². The molecule has 4 nitrogen and oxygen atoms in total. The highest BCUT2D eigenvalue weighted by molar-refractivity contribution is 6.06. The van der Waals surface area contributed by atoms with Crippen LogP contribution in [-0.2, 0) is 9.53 Å². The van der Waals surface area contributed by atoms with E-state index in [-0.39, 0.29) is 23.8 Å². The Bertz CT molecular complexity index is 462. The molecule has 1 fully saturated rings. The fourth-order valence-electron chi connectivity index (χ4n) is 2.00. The molecule has 1 saturated heterocycles. The van der Waals surface area contributed by atoms with Crippen molar-refractivity contribution in [1.82, 2.24) is 4.90 Å². The van der Waals surface area contributed by atoms with Gasteiger partial charge in [0.1, 0.15) is 12.8 Å². The topological polar surface area (TPSA) is 46.6 Å². The molecule has 0 aliphatic carbocycles. The Morgan fingerprint density at radius 1 is 1.28 bits per heavy atom. The quantitative estimate of drug-likeness (QED) is 0.714. The third kappa shape index (κ3) is 2.29. The number of carbonyl (C=O) groups is 2. The minimum Gasteiger partial charge on any atom is -0.347 e. The van der Waals surface area contributed by atoms with E-state index in [0.717, 1.165) is 0 Å². The van der Waals surface area contributed by atoms with Crippen molar-refractivity contribution in [3.05, 3.63) is 35.9 Å². The van der Waals surface area contributed by atoms with Gasteiger partial charge in [-0.15, -0.1) is 0 Å². The summed E-state index contributed by atoms with van der Waals surface area (Å²) < 4.78 is 5.44. The fourth-order valence-corrected chi connectivity index (χ4v) is 2.00. The first-order chi connectivity index (χ1) is 8.41. The van der Waals surface area contributed by atoms with Crippen LogP contribution in [0.1, 0.15) is 31.1 Å². The van der Waals surface area contributed by atoms with Gasteiger partial charge in [0.2, 0.25) is 0 Å². The third-order valence-corrected chi connectivity index (χ3v) is 2.85. The lowest BCUT2D eigenvalue weighted by atomic mass is 9.93. The summed E-state index contributed by atoms with van der Waals surface area (Å²) >= 11 is 0. The predicted molar refractivity (Wildman–Crippen MR) is 66.8 cm³/mol. The SMILES string of the molecule is CC(C)(C)C1OCC(=O)N1C(=O)c1ccccc1. The molecule has 18 heavy (non-hydrogen) atoms. The number of nitrogens with zero attached hydrogens (tertiary/aromatic N) is 1. The third-order valence-electron chi connectivity index (χ3n) is 2.85. The first kappa shape index (κ1) is 12.8. The second-order valence-electron chi connectivity index (χ2n) is 5.46. The van der Waals surface area contributed by atoms with Crippen molar-refractivity contribution in [3.63, 3.8) is 0 Å². The zero-order valence-electron chi connectivity index (χ0n) is 10.8. The van der Waals surface area contributed by atoms with Gasteiger partial charge in [0.05, 0.1) is 0 Å². The van der Waals surface area contributed by atoms with Crippen LogP contribution in [0.3, 0.4) is 0 Å². The van der Waals surface area contributed by atoms with Gasteiger partial charge in [-0.1, -0.05) is 39.0 Å². The maximum Gasteiger partial charge on any atom is 0.262 e. The number of carbonyl (C=O) groups excluding carboxylic acids is 2. The van der Waals surface area contributed by atoms with Crippen molar-refractivity contribution in [2.75, 3.05) is 6.61 Å². The maximum atomic E-state index is 12.3. The number of rotatable bonds is 1. The number of benzene rings is 1. The number of imide groups is 1.